The molecule has 0 radical (unpaired) electrons. The fraction of sp³-hybridized carbons (Fsp3) is 0.250. The zero-order valence-corrected chi connectivity index (χ0v) is 12.8. The molecule has 2 rings (SSSR count). The van der Waals surface area contributed by atoms with Crippen molar-refractivity contribution in [3.63, 3.8) is 0 Å². The predicted octanol–water partition coefficient (Wildman–Crippen LogP) is 2.46. The van der Waals surface area contributed by atoms with Crippen LogP contribution in [0.1, 0.15) is 16.9 Å². The Labute approximate surface area is 132 Å². The molecule has 2 aromatic rings. The van der Waals surface area contributed by atoms with Gasteiger partial charge < -0.3 is 15.2 Å². The number of nitrogens with one attached hydrogen (secondary N) is 1. The second-order valence-corrected chi connectivity index (χ2v) is 5.72. The van der Waals surface area contributed by atoms with Crippen molar-refractivity contribution in [2.75, 3.05) is 6.61 Å². The van der Waals surface area contributed by atoms with Crippen molar-refractivity contribution in [1.29, 1.82) is 0 Å². The molecule has 1 aromatic heterocycles. The van der Waals surface area contributed by atoms with Crippen molar-refractivity contribution in [3.8, 4) is 5.75 Å². The number of rotatable bonds is 8. The SMILES string of the molecule is O=C(O)COc1cccc(CNC(=O)CCc2cccs2)c1. The van der Waals surface area contributed by atoms with E-state index in [2.05, 4.69) is 5.32 Å². The molecule has 0 bridgehead atoms. The molecule has 0 unspecified atom stereocenters. The first-order valence-electron chi connectivity index (χ1n) is 6.86. The van der Waals surface area contributed by atoms with Crippen LogP contribution in [0.25, 0.3) is 0 Å². The zero-order valence-electron chi connectivity index (χ0n) is 12.0. The van der Waals surface area contributed by atoms with E-state index in [9.17, 15) is 9.59 Å². The molecule has 0 atom stereocenters. The molecule has 0 saturated heterocycles. The number of ether oxygens (including phenoxy) is 1. The normalized spacial score (nSPS) is 10.2. The lowest BCUT2D eigenvalue weighted by Gasteiger charge is -2.07. The van der Waals surface area contributed by atoms with Crippen molar-refractivity contribution >= 4 is 23.2 Å². The maximum absolute atomic E-state index is 11.8. The Morgan fingerprint density at radius 2 is 2.09 bits per heavy atom. The number of carbonyl (C=O) groups excluding carboxylic acids is 1. The number of thiophene rings is 1. The van der Waals surface area contributed by atoms with Gasteiger partial charge in [0.05, 0.1) is 0 Å². The number of amides is 1. The topological polar surface area (TPSA) is 75.6 Å². The van der Waals surface area contributed by atoms with Gasteiger partial charge in [0.2, 0.25) is 5.91 Å². The van der Waals surface area contributed by atoms with E-state index < -0.39 is 5.97 Å². The average Bonchev–Trinajstić information content (AvgIpc) is 3.03. The van der Waals surface area contributed by atoms with Crippen molar-refractivity contribution in [3.05, 3.63) is 52.2 Å². The molecule has 0 aliphatic rings. The molecule has 116 valence electrons. The standard InChI is InChI=1S/C16H17NO4S/c18-15(7-6-14-5-2-8-22-14)17-10-12-3-1-4-13(9-12)21-11-16(19)20/h1-5,8-9H,6-7,10-11H2,(H,17,18)(H,19,20). The smallest absolute Gasteiger partial charge is 0.341 e. The minimum atomic E-state index is -1.02. The van der Waals surface area contributed by atoms with Crippen LogP contribution >= 0.6 is 11.3 Å². The third-order valence-corrected chi connectivity index (χ3v) is 3.87. The van der Waals surface area contributed by atoms with Gasteiger partial charge in [0.15, 0.2) is 6.61 Å². The number of aliphatic carboxylic acids is 1. The van der Waals surface area contributed by atoms with Gasteiger partial charge in [-0.25, -0.2) is 4.79 Å². The third-order valence-electron chi connectivity index (χ3n) is 2.93. The number of aryl methyl sites for hydroxylation is 1. The lowest BCUT2D eigenvalue weighted by atomic mass is 10.2. The van der Waals surface area contributed by atoms with Crippen LogP contribution in [0.5, 0.6) is 5.75 Å². The Morgan fingerprint density at radius 3 is 2.82 bits per heavy atom. The highest BCUT2D eigenvalue weighted by Gasteiger charge is 2.04. The van der Waals surface area contributed by atoms with Crippen LogP contribution < -0.4 is 10.1 Å². The van der Waals surface area contributed by atoms with E-state index in [0.717, 1.165) is 12.0 Å². The first-order chi connectivity index (χ1) is 10.6. The molecule has 5 nitrogen and oxygen atoms in total. The maximum Gasteiger partial charge on any atom is 0.341 e. The molecule has 0 fully saturated rings. The van der Waals surface area contributed by atoms with Gasteiger partial charge in [0.1, 0.15) is 5.75 Å². The Morgan fingerprint density at radius 1 is 1.23 bits per heavy atom. The summed E-state index contributed by atoms with van der Waals surface area (Å²) in [5, 5.41) is 13.4. The van der Waals surface area contributed by atoms with Crippen LogP contribution in [-0.4, -0.2) is 23.6 Å². The Hall–Kier alpha value is -2.34. The summed E-state index contributed by atoms with van der Waals surface area (Å²) in [6, 6.07) is 11.0. The van der Waals surface area contributed by atoms with E-state index in [4.69, 9.17) is 9.84 Å². The fourth-order valence-corrected chi connectivity index (χ4v) is 2.58. The summed E-state index contributed by atoms with van der Waals surface area (Å²) in [7, 11) is 0. The van der Waals surface area contributed by atoms with Crippen LogP contribution in [0.3, 0.4) is 0 Å². The van der Waals surface area contributed by atoms with E-state index in [1.54, 1.807) is 29.5 Å². The summed E-state index contributed by atoms with van der Waals surface area (Å²) in [6.45, 7) is 0.0180. The van der Waals surface area contributed by atoms with Gasteiger partial charge >= 0.3 is 5.97 Å². The van der Waals surface area contributed by atoms with E-state index in [0.29, 0.717) is 18.7 Å². The first-order valence-corrected chi connectivity index (χ1v) is 7.74. The summed E-state index contributed by atoms with van der Waals surface area (Å²) in [6.07, 6.45) is 1.20. The number of carboxylic acids is 1. The molecule has 0 aliphatic heterocycles. The van der Waals surface area contributed by atoms with Gasteiger partial charge in [-0.1, -0.05) is 18.2 Å². The van der Waals surface area contributed by atoms with E-state index >= 15 is 0 Å². The largest absolute Gasteiger partial charge is 0.482 e. The van der Waals surface area contributed by atoms with Crippen molar-refractivity contribution in [1.82, 2.24) is 5.32 Å². The van der Waals surface area contributed by atoms with E-state index in [1.807, 2.05) is 23.6 Å². The monoisotopic (exact) mass is 319 g/mol. The Balaban J connectivity index is 1.76. The highest BCUT2D eigenvalue weighted by Crippen LogP contribution is 2.13. The van der Waals surface area contributed by atoms with Gasteiger partial charge in [-0.2, -0.15) is 0 Å². The second kappa shape index (κ2) is 8.19. The van der Waals surface area contributed by atoms with Crippen molar-refractivity contribution < 1.29 is 19.4 Å². The van der Waals surface area contributed by atoms with Gasteiger partial charge in [-0.15, -0.1) is 11.3 Å². The van der Waals surface area contributed by atoms with Crippen LogP contribution in [0.2, 0.25) is 0 Å². The molecule has 22 heavy (non-hydrogen) atoms. The molecule has 0 spiro atoms. The molecule has 0 aliphatic carbocycles. The fourth-order valence-electron chi connectivity index (χ4n) is 1.87. The number of carboxylic acid groups (broad SMARTS) is 1. The average molecular weight is 319 g/mol. The molecular weight excluding hydrogens is 302 g/mol. The van der Waals surface area contributed by atoms with Crippen molar-refractivity contribution in [2.45, 2.75) is 19.4 Å². The van der Waals surface area contributed by atoms with Crippen LogP contribution in [0.4, 0.5) is 0 Å². The highest BCUT2D eigenvalue weighted by atomic mass is 32.1. The summed E-state index contributed by atoms with van der Waals surface area (Å²) < 4.78 is 5.10. The van der Waals surface area contributed by atoms with Crippen LogP contribution in [-0.2, 0) is 22.6 Å². The summed E-state index contributed by atoms with van der Waals surface area (Å²) >= 11 is 1.64. The van der Waals surface area contributed by atoms with Gasteiger partial charge in [0, 0.05) is 17.8 Å². The molecule has 0 saturated carbocycles. The summed E-state index contributed by atoms with van der Waals surface area (Å²) in [4.78, 5) is 23.5. The third kappa shape index (κ3) is 5.57. The molecule has 1 amide bonds. The molecule has 1 aromatic carbocycles. The second-order valence-electron chi connectivity index (χ2n) is 4.69. The first kappa shape index (κ1) is 16.0. The van der Waals surface area contributed by atoms with Crippen LogP contribution in [0, 0.1) is 0 Å². The number of hydrogen-bond acceptors (Lipinski definition) is 4. The highest BCUT2D eigenvalue weighted by molar-refractivity contribution is 7.09. The minimum Gasteiger partial charge on any atom is -0.482 e. The van der Waals surface area contributed by atoms with Gasteiger partial charge in [-0.05, 0) is 35.6 Å². The van der Waals surface area contributed by atoms with Gasteiger partial charge in [0.25, 0.3) is 0 Å². The zero-order chi connectivity index (χ0) is 15.8. The Kier molecular flexibility index (Phi) is 5.97. The molecule has 6 heteroatoms. The number of carbonyl (C=O) groups is 2. The van der Waals surface area contributed by atoms with Crippen LogP contribution in [0.15, 0.2) is 41.8 Å². The Bertz CT molecular complexity index is 625. The lowest BCUT2D eigenvalue weighted by molar-refractivity contribution is -0.139. The quantitative estimate of drug-likeness (QED) is 0.784. The molecule has 2 N–H and O–H groups in total. The molecular formula is C16H17NO4S. The number of benzene rings is 1. The maximum atomic E-state index is 11.8. The van der Waals surface area contributed by atoms with Gasteiger partial charge in [-0.3, -0.25) is 4.79 Å². The lowest BCUT2D eigenvalue weighted by Crippen LogP contribution is -2.22. The summed E-state index contributed by atoms with van der Waals surface area (Å²) in [5.41, 5.74) is 0.868. The predicted molar refractivity (Wildman–Crippen MR) is 84.1 cm³/mol. The molecule has 1 heterocycles. The van der Waals surface area contributed by atoms with E-state index in [1.165, 1.54) is 4.88 Å². The minimum absolute atomic E-state index is 0.00902. The number of hydrogen-bond donors (Lipinski definition) is 2. The summed E-state index contributed by atoms with van der Waals surface area (Å²) in [5.74, 6) is -0.551. The van der Waals surface area contributed by atoms with Crippen molar-refractivity contribution in [2.24, 2.45) is 0 Å². The van der Waals surface area contributed by atoms with E-state index in [-0.39, 0.29) is 12.5 Å².